The number of anilines is 1. The van der Waals surface area contributed by atoms with Crippen molar-refractivity contribution in [2.75, 3.05) is 50.7 Å². The van der Waals surface area contributed by atoms with Crippen LogP contribution < -0.4 is 15.5 Å². The van der Waals surface area contributed by atoms with Crippen molar-refractivity contribution in [2.45, 2.75) is 6.92 Å². The standard InChI is InChI=1S/C18H25N5O.HI/c1-3-10-20-18(19-4-2)21-15-17(24)23-13-11-22(12-14-23)16-8-6-5-7-9-16;/h1,5-9H,4,10-15H2,2H3,(H2,19,20,21);1H. The molecule has 0 aromatic heterocycles. The van der Waals surface area contributed by atoms with Crippen LogP contribution in [0.3, 0.4) is 0 Å². The molecule has 0 radical (unpaired) electrons. The Balaban J connectivity index is 0.00000312. The summed E-state index contributed by atoms with van der Waals surface area (Å²) in [6, 6.07) is 10.3. The van der Waals surface area contributed by atoms with Gasteiger partial charge >= 0.3 is 0 Å². The topological polar surface area (TPSA) is 60.0 Å². The van der Waals surface area contributed by atoms with Gasteiger partial charge in [0, 0.05) is 38.4 Å². The van der Waals surface area contributed by atoms with Crippen LogP contribution >= 0.6 is 24.0 Å². The molecule has 0 spiro atoms. The van der Waals surface area contributed by atoms with Crippen LogP contribution in [0, 0.1) is 12.3 Å². The third-order valence-corrected chi connectivity index (χ3v) is 3.83. The van der Waals surface area contributed by atoms with Crippen molar-refractivity contribution in [2.24, 2.45) is 4.99 Å². The second-order valence-electron chi connectivity index (χ2n) is 5.46. The predicted molar refractivity (Wildman–Crippen MR) is 113 cm³/mol. The molecule has 1 aliphatic rings. The Labute approximate surface area is 167 Å². The van der Waals surface area contributed by atoms with E-state index in [9.17, 15) is 4.79 Å². The lowest BCUT2D eigenvalue weighted by molar-refractivity contribution is -0.129. The first-order valence-electron chi connectivity index (χ1n) is 8.28. The summed E-state index contributed by atoms with van der Waals surface area (Å²) in [6.07, 6.45) is 5.23. The Kier molecular flexibility index (Phi) is 9.77. The quantitative estimate of drug-likeness (QED) is 0.303. The number of nitrogens with zero attached hydrogens (tertiary/aromatic N) is 3. The lowest BCUT2D eigenvalue weighted by Crippen LogP contribution is -2.49. The molecular weight excluding hydrogens is 429 g/mol. The van der Waals surface area contributed by atoms with Crippen molar-refractivity contribution < 1.29 is 4.79 Å². The number of hydrogen-bond acceptors (Lipinski definition) is 3. The predicted octanol–water partition coefficient (Wildman–Crippen LogP) is 1.14. The van der Waals surface area contributed by atoms with Gasteiger partial charge in [0.1, 0.15) is 6.54 Å². The maximum Gasteiger partial charge on any atom is 0.244 e. The van der Waals surface area contributed by atoms with E-state index in [1.54, 1.807) is 0 Å². The Morgan fingerprint density at radius 3 is 2.48 bits per heavy atom. The van der Waals surface area contributed by atoms with E-state index in [1.807, 2.05) is 30.0 Å². The lowest BCUT2D eigenvalue weighted by Gasteiger charge is -2.36. The molecule has 1 amide bonds. The minimum atomic E-state index is 0. The number of rotatable bonds is 5. The van der Waals surface area contributed by atoms with Crippen LogP contribution in [-0.4, -0.2) is 62.6 Å². The van der Waals surface area contributed by atoms with E-state index >= 15 is 0 Å². The minimum absolute atomic E-state index is 0. The largest absolute Gasteiger partial charge is 0.368 e. The first-order chi connectivity index (χ1) is 11.7. The number of carbonyl (C=O) groups excluding carboxylic acids is 1. The normalized spacial score (nSPS) is 14.3. The van der Waals surface area contributed by atoms with Crippen molar-refractivity contribution in [1.82, 2.24) is 15.5 Å². The van der Waals surface area contributed by atoms with Crippen LogP contribution in [0.4, 0.5) is 5.69 Å². The Morgan fingerprint density at radius 1 is 1.20 bits per heavy atom. The fourth-order valence-electron chi connectivity index (χ4n) is 2.58. The van der Waals surface area contributed by atoms with Gasteiger partial charge in [-0.3, -0.25) is 4.79 Å². The van der Waals surface area contributed by atoms with Crippen molar-refractivity contribution in [3.05, 3.63) is 30.3 Å². The summed E-state index contributed by atoms with van der Waals surface area (Å²) in [5.74, 6) is 3.11. The minimum Gasteiger partial charge on any atom is -0.368 e. The highest BCUT2D eigenvalue weighted by molar-refractivity contribution is 14.0. The fraction of sp³-hybridized carbons (Fsp3) is 0.444. The van der Waals surface area contributed by atoms with E-state index in [0.29, 0.717) is 12.5 Å². The Hall–Kier alpha value is -1.95. The van der Waals surface area contributed by atoms with Crippen LogP contribution in [0.5, 0.6) is 0 Å². The number of amides is 1. The van der Waals surface area contributed by atoms with Crippen LogP contribution in [0.25, 0.3) is 0 Å². The van der Waals surface area contributed by atoms with E-state index < -0.39 is 0 Å². The maximum atomic E-state index is 12.3. The molecule has 0 saturated carbocycles. The average Bonchev–Trinajstić information content (AvgIpc) is 2.64. The number of halogens is 1. The Morgan fingerprint density at radius 2 is 1.88 bits per heavy atom. The van der Waals surface area contributed by atoms with Gasteiger partial charge in [-0.2, -0.15) is 0 Å². The van der Waals surface area contributed by atoms with Crippen LogP contribution in [0.15, 0.2) is 35.3 Å². The second-order valence-corrected chi connectivity index (χ2v) is 5.46. The lowest BCUT2D eigenvalue weighted by atomic mass is 10.2. The SMILES string of the molecule is C#CCNC(=NCC(=O)N1CCN(c2ccccc2)CC1)NCC.I. The first-order valence-corrected chi connectivity index (χ1v) is 8.28. The maximum absolute atomic E-state index is 12.3. The number of guanidine groups is 1. The molecule has 0 bridgehead atoms. The smallest absolute Gasteiger partial charge is 0.244 e. The molecule has 6 nitrogen and oxygen atoms in total. The molecule has 2 rings (SSSR count). The van der Waals surface area contributed by atoms with E-state index in [2.05, 4.69) is 38.6 Å². The van der Waals surface area contributed by atoms with E-state index in [-0.39, 0.29) is 36.4 Å². The van der Waals surface area contributed by atoms with Gasteiger partial charge in [-0.15, -0.1) is 30.4 Å². The van der Waals surface area contributed by atoms with Crippen molar-refractivity contribution in [1.29, 1.82) is 0 Å². The van der Waals surface area contributed by atoms with Crippen molar-refractivity contribution in [3.63, 3.8) is 0 Å². The number of hydrogen-bond donors (Lipinski definition) is 2. The molecule has 1 aliphatic heterocycles. The summed E-state index contributed by atoms with van der Waals surface area (Å²) in [5.41, 5.74) is 1.20. The number of terminal acetylenes is 1. The van der Waals surface area contributed by atoms with E-state index in [1.165, 1.54) is 5.69 Å². The number of carbonyl (C=O) groups is 1. The number of para-hydroxylation sites is 1. The molecule has 1 aromatic carbocycles. The Bertz CT molecular complexity index is 591. The zero-order chi connectivity index (χ0) is 17.2. The zero-order valence-electron chi connectivity index (χ0n) is 14.6. The summed E-state index contributed by atoms with van der Waals surface area (Å²) in [4.78, 5) is 20.8. The van der Waals surface area contributed by atoms with Crippen LogP contribution in [0.2, 0.25) is 0 Å². The van der Waals surface area contributed by atoms with Crippen LogP contribution in [-0.2, 0) is 4.79 Å². The van der Waals surface area contributed by atoms with Gasteiger partial charge in [0.05, 0.1) is 6.54 Å². The molecule has 1 saturated heterocycles. The van der Waals surface area contributed by atoms with Gasteiger partial charge in [0.25, 0.3) is 0 Å². The average molecular weight is 455 g/mol. The van der Waals surface area contributed by atoms with E-state index in [0.717, 1.165) is 32.7 Å². The molecule has 2 N–H and O–H groups in total. The summed E-state index contributed by atoms with van der Waals surface area (Å²) in [6.45, 7) is 6.33. The monoisotopic (exact) mass is 455 g/mol. The molecule has 25 heavy (non-hydrogen) atoms. The third-order valence-electron chi connectivity index (χ3n) is 3.83. The third kappa shape index (κ3) is 6.82. The van der Waals surface area contributed by atoms with Gasteiger partial charge < -0.3 is 20.4 Å². The summed E-state index contributed by atoms with van der Waals surface area (Å²) in [7, 11) is 0. The summed E-state index contributed by atoms with van der Waals surface area (Å²) in [5, 5.41) is 6.05. The highest BCUT2D eigenvalue weighted by Crippen LogP contribution is 2.15. The molecule has 136 valence electrons. The number of benzene rings is 1. The molecule has 7 heteroatoms. The van der Waals surface area contributed by atoms with Crippen molar-refractivity contribution in [3.8, 4) is 12.3 Å². The van der Waals surface area contributed by atoms with Crippen LogP contribution in [0.1, 0.15) is 6.92 Å². The van der Waals surface area contributed by atoms with Crippen molar-refractivity contribution >= 4 is 41.5 Å². The molecule has 1 fully saturated rings. The summed E-state index contributed by atoms with van der Waals surface area (Å²) < 4.78 is 0. The highest BCUT2D eigenvalue weighted by Gasteiger charge is 2.20. The zero-order valence-corrected chi connectivity index (χ0v) is 16.9. The van der Waals surface area contributed by atoms with Gasteiger partial charge in [-0.1, -0.05) is 24.1 Å². The fourth-order valence-corrected chi connectivity index (χ4v) is 2.58. The molecule has 1 aromatic rings. The molecule has 0 aliphatic carbocycles. The molecular formula is C18H26IN5O. The van der Waals surface area contributed by atoms with Gasteiger partial charge in [-0.05, 0) is 19.1 Å². The summed E-state index contributed by atoms with van der Waals surface area (Å²) >= 11 is 0. The van der Waals surface area contributed by atoms with Gasteiger partial charge in [0.2, 0.25) is 5.91 Å². The second kappa shape index (κ2) is 11.6. The molecule has 0 unspecified atom stereocenters. The number of nitrogens with one attached hydrogen (secondary N) is 2. The van der Waals surface area contributed by atoms with Gasteiger partial charge in [0.15, 0.2) is 5.96 Å². The number of piperazine rings is 1. The van der Waals surface area contributed by atoms with Gasteiger partial charge in [-0.25, -0.2) is 4.99 Å². The van der Waals surface area contributed by atoms with E-state index in [4.69, 9.17) is 6.42 Å². The number of aliphatic imine (C=N–C) groups is 1. The first kappa shape index (κ1) is 21.1. The molecule has 1 heterocycles. The highest BCUT2D eigenvalue weighted by atomic mass is 127. The molecule has 0 atom stereocenters.